The molecule has 1 aromatic heterocycles. The van der Waals surface area contributed by atoms with E-state index in [4.69, 9.17) is 14.6 Å². The number of hydrogen-bond acceptors (Lipinski definition) is 5. The minimum Gasteiger partial charge on any atom is -0.493 e. The fourth-order valence-electron chi connectivity index (χ4n) is 4.70. The van der Waals surface area contributed by atoms with Gasteiger partial charge in [0.15, 0.2) is 5.06 Å². The molecule has 0 unspecified atom stereocenters. The predicted octanol–water partition coefficient (Wildman–Crippen LogP) is 4.71. The summed E-state index contributed by atoms with van der Waals surface area (Å²) in [7, 11) is 0. The van der Waals surface area contributed by atoms with E-state index in [2.05, 4.69) is 26.1 Å². The lowest BCUT2D eigenvalue weighted by Gasteiger charge is -2.12. The average molecular weight is 416 g/mol. The molecule has 2 aromatic rings. The number of nitrogens with one attached hydrogen (secondary N) is 1. The molecule has 0 spiro atoms. The number of rotatable bonds is 7. The number of fused-ring (bicyclic) bond motifs is 3. The summed E-state index contributed by atoms with van der Waals surface area (Å²) in [6.45, 7) is 9.79. The fourth-order valence-corrected chi connectivity index (χ4v) is 5.78. The summed E-state index contributed by atoms with van der Waals surface area (Å²) in [6.07, 6.45) is 1.23. The molecule has 2 aliphatic carbocycles. The van der Waals surface area contributed by atoms with Crippen LogP contribution >= 0.6 is 11.3 Å². The van der Waals surface area contributed by atoms with Crippen LogP contribution in [-0.2, 0) is 13.0 Å². The van der Waals surface area contributed by atoms with Crippen LogP contribution in [-0.4, -0.2) is 24.4 Å². The first-order chi connectivity index (χ1) is 13.8. The van der Waals surface area contributed by atoms with Crippen molar-refractivity contribution in [3.8, 4) is 10.8 Å². The zero-order chi connectivity index (χ0) is 20.8. The van der Waals surface area contributed by atoms with Crippen molar-refractivity contribution >= 4 is 17.4 Å². The fraction of sp³-hybridized carbons (Fsp3) is 0.522. The molecule has 2 N–H and O–H groups in total. The highest BCUT2D eigenvalue weighted by atomic mass is 32.1. The monoisotopic (exact) mass is 415 g/mol. The van der Waals surface area contributed by atoms with Crippen molar-refractivity contribution in [3.05, 3.63) is 45.3 Å². The van der Waals surface area contributed by atoms with Gasteiger partial charge in [0, 0.05) is 30.0 Å². The van der Waals surface area contributed by atoms with Crippen LogP contribution in [0.2, 0.25) is 0 Å². The summed E-state index contributed by atoms with van der Waals surface area (Å²) in [6, 6.07) is 5.83. The van der Waals surface area contributed by atoms with E-state index in [1.165, 1.54) is 16.0 Å². The van der Waals surface area contributed by atoms with Crippen molar-refractivity contribution in [1.82, 2.24) is 5.32 Å². The zero-order valence-corrected chi connectivity index (χ0v) is 18.3. The Morgan fingerprint density at radius 2 is 2.14 bits per heavy atom. The maximum absolute atomic E-state index is 12.4. The third-order valence-corrected chi connectivity index (χ3v) is 7.44. The Kier molecular flexibility index (Phi) is 5.34. The summed E-state index contributed by atoms with van der Waals surface area (Å²) in [5.74, 6) is 2.14. The van der Waals surface area contributed by atoms with Crippen LogP contribution in [0.1, 0.15) is 53.3 Å². The van der Waals surface area contributed by atoms with Crippen molar-refractivity contribution in [3.63, 3.8) is 0 Å². The van der Waals surface area contributed by atoms with Crippen molar-refractivity contribution in [2.24, 2.45) is 11.3 Å². The van der Waals surface area contributed by atoms with Crippen molar-refractivity contribution in [2.75, 3.05) is 13.2 Å². The first-order valence-electron chi connectivity index (χ1n) is 10.2. The zero-order valence-electron chi connectivity index (χ0n) is 17.5. The number of amides is 1. The molecule has 1 amide bonds. The lowest BCUT2D eigenvalue weighted by atomic mass is 9.96. The molecule has 0 bridgehead atoms. The van der Waals surface area contributed by atoms with Crippen LogP contribution in [0.25, 0.3) is 0 Å². The van der Waals surface area contributed by atoms with Crippen LogP contribution < -0.4 is 14.8 Å². The standard InChI is InChI=1S/C23H29NO4S/c1-13-10-15(6-7-18(13)27-9-5-8-25)12-24-22(26)28-21-16-11-17-20(23(17,3)4)19(16)14(2)29-21/h6-7,10,17,20,25H,5,8-9,11-12H2,1-4H3,(H,24,26)/t17-,20-/m1/s1. The van der Waals surface area contributed by atoms with Gasteiger partial charge in [-0.1, -0.05) is 26.0 Å². The van der Waals surface area contributed by atoms with Crippen LogP contribution in [0, 0.1) is 25.2 Å². The van der Waals surface area contributed by atoms with Crippen molar-refractivity contribution in [2.45, 2.75) is 53.0 Å². The van der Waals surface area contributed by atoms with Crippen LogP contribution in [0.5, 0.6) is 10.8 Å². The van der Waals surface area contributed by atoms with Gasteiger partial charge in [-0.25, -0.2) is 4.79 Å². The molecule has 1 saturated carbocycles. The Bertz CT molecular complexity index is 933. The number of carbonyl (C=O) groups excluding carboxylic acids is 1. The van der Waals surface area contributed by atoms with E-state index in [1.807, 2.05) is 25.1 Å². The van der Waals surface area contributed by atoms with E-state index < -0.39 is 6.09 Å². The Morgan fingerprint density at radius 1 is 1.34 bits per heavy atom. The van der Waals surface area contributed by atoms with Gasteiger partial charge >= 0.3 is 6.09 Å². The summed E-state index contributed by atoms with van der Waals surface area (Å²) in [5, 5.41) is 12.5. The largest absolute Gasteiger partial charge is 0.493 e. The number of benzene rings is 1. The Labute approximate surface area is 176 Å². The second-order valence-electron chi connectivity index (χ2n) is 8.72. The van der Waals surface area contributed by atoms with Gasteiger partial charge in [0.05, 0.1) is 6.61 Å². The first-order valence-corrected chi connectivity index (χ1v) is 11.1. The molecule has 0 saturated heterocycles. The number of ether oxygens (including phenoxy) is 2. The lowest BCUT2D eigenvalue weighted by Crippen LogP contribution is -2.26. The highest BCUT2D eigenvalue weighted by Gasteiger charge is 2.63. The Morgan fingerprint density at radius 3 is 2.86 bits per heavy atom. The van der Waals surface area contributed by atoms with Crippen LogP contribution in [0.3, 0.4) is 0 Å². The van der Waals surface area contributed by atoms with E-state index in [0.717, 1.165) is 28.4 Å². The molecule has 0 aliphatic heterocycles. The molecule has 1 aromatic carbocycles. The molecule has 1 fully saturated rings. The predicted molar refractivity (Wildman–Crippen MR) is 114 cm³/mol. The second-order valence-corrected chi connectivity index (χ2v) is 9.90. The smallest absolute Gasteiger partial charge is 0.413 e. The van der Waals surface area contributed by atoms with Crippen LogP contribution in [0.4, 0.5) is 4.79 Å². The van der Waals surface area contributed by atoms with E-state index in [0.29, 0.717) is 36.8 Å². The van der Waals surface area contributed by atoms with E-state index in [-0.39, 0.29) is 6.61 Å². The van der Waals surface area contributed by atoms with Gasteiger partial charge < -0.3 is 19.9 Å². The molecular weight excluding hydrogens is 386 g/mol. The minimum absolute atomic E-state index is 0.120. The lowest BCUT2D eigenvalue weighted by molar-refractivity contribution is 0.201. The van der Waals surface area contributed by atoms with Gasteiger partial charge in [-0.15, -0.1) is 11.3 Å². The molecule has 1 heterocycles. The maximum atomic E-state index is 12.4. The maximum Gasteiger partial charge on any atom is 0.413 e. The number of aliphatic hydroxyl groups excluding tert-OH is 1. The highest BCUT2D eigenvalue weighted by Crippen LogP contribution is 2.72. The minimum atomic E-state index is -0.408. The topological polar surface area (TPSA) is 67.8 Å². The van der Waals surface area contributed by atoms with Gasteiger partial charge in [-0.05, 0) is 60.3 Å². The quantitative estimate of drug-likeness (QED) is 0.643. The number of carbonyl (C=O) groups is 1. The Balaban J connectivity index is 1.33. The molecule has 2 atom stereocenters. The SMILES string of the molecule is Cc1cc(CNC(=O)Oc2sc(C)c3c2C[C@@H]2[C@H]3C2(C)C)ccc1OCCCO. The third-order valence-electron chi connectivity index (χ3n) is 6.40. The number of aryl methyl sites for hydroxylation is 2. The highest BCUT2D eigenvalue weighted by molar-refractivity contribution is 7.14. The third kappa shape index (κ3) is 3.76. The normalized spacial score (nSPS) is 20.7. The van der Waals surface area contributed by atoms with Crippen molar-refractivity contribution in [1.29, 1.82) is 0 Å². The van der Waals surface area contributed by atoms with Gasteiger partial charge in [0.1, 0.15) is 5.75 Å². The first kappa shape index (κ1) is 20.2. The molecular formula is C23H29NO4S. The molecule has 29 heavy (non-hydrogen) atoms. The van der Waals surface area contributed by atoms with E-state index >= 15 is 0 Å². The molecule has 156 valence electrons. The van der Waals surface area contributed by atoms with Crippen molar-refractivity contribution < 1.29 is 19.4 Å². The van der Waals surface area contributed by atoms with Gasteiger partial charge in [-0.3, -0.25) is 0 Å². The van der Waals surface area contributed by atoms with Gasteiger partial charge in [0.2, 0.25) is 0 Å². The van der Waals surface area contributed by atoms with E-state index in [1.54, 1.807) is 11.3 Å². The molecule has 0 radical (unpaired) electrons. The average Bonchev–Trinajstić information content (AvgIpc) is 3.00. The molecule has 5 nitrogen and oxygen atoms in total. The van der Waals surface area contributed by atoms with Gasteiger partial charge in [0.25, 0.3) is 0 Å². The number of aliphatic hydroxyl groups is 1. The van der Waals surface area contributed by atoms with E-state index in [9.17, 15) is 4.79 Å². The second kappa shape index (κ2) is 7.65. The number of thiophene rings is 1. The summed E-state index contributed by atoms with van der Waals surface area (Å²) < 4.78 is 11.3. The number of hydrogen-bond donors (Lipinski definition) is 2. The van der Waals surface area contributed by atoms with Gasteiger partial charge in [-0.2, -0.15) is 0 Å². The Hall–Kier alpha value is -2.05. The summed E-state index contributed by atoms with van der Waals surface area (Å²) in [5.41, 5.74) is 5.07. The summed E-state index contributed by atoms with van der Waals surface area (Å²) in [4.78, 5) is 13.7. The van der Waals surface area contributed by atoms with Crippen LogP contribution in [0.15, 0.2) is 18.2 Å². The molecule has 6 heteroatoms. The molecule has 2 aliphatic rings. The summed E-state index contributed by atoms with van der Waals surface area (Å²) >= 11 is 1.59. The molecule has 4 rings (SSSR count).